The zero-order chi connectivity index (χ0) is 21.7. The van der Waals surface area contributed by atoms with E-state index in [4.69, 9.17) is 0 Å². The summed E-state index contributed by atoms with van der Waals surface area (Å²) in [5, 5.41) is 0. The van der Waals surface area contributed by atoms with Gasteiger partial charge in [0.05, 0.1) is 0 Å². The monoisotopic (exact) mass is 427 g/mol. The highest BCUT2D eigenvalue weighted by molar-refractivity contribution is 5.68. The van der Waals surface area contributed by atoms with Gasteiger partial charge in [0.1, 0.15) is 0 Å². The van der Waals surface area contributed by atoms with Gasteiger partial charge in [0.25, 0.3) is 0 Å². The highest BCUT2D eigenvalue weighted by Gasteiger charge is 2.40. The van der Waals surface area contributed by atoms with Crippen LogP contribution in [0.1, 0.15) is 42.9 Å². The van der Waals surface area contributed by atoms with Crippen molar-refractivity contribution in [2.45, 2.75) is 58.5 Å². The second-order valence-electron chi connectivity index (χ2n) is 8.43. The third kappa shape index (κ3) is 6.35. The van der Waals surface area contributed by atoms with Crippen molar-refractivity contribution in [3.8, 4) is 0 Å². The minimum atomic E-state index is -4.53. The summed E-state index contributed by atoms with van der Waals surface area (Å²) in [5.74, 6) is 0. The van der Waals surface area contributed by atoms with Crippen molar-refractivity contribution in [2.24, 2.45) is 0 Å². The fourth-order valence-electron chi connectivity index (χ4n) is 4.03. The molecule has 2 saturated heterocycles. The molecular formula is C22H32F3N3O2. The zero-order valence-corrected chi connectivity index (χ0v) is 17.9. The van der Waals surface area contributed by atoms with Crippen LogP contribution in [-0.2, 0) is 17.8 Å². The Hall–Kier alpha value is -1.80. The number of carbonyl (C=O) groups excluding carboxylic acids is 1. The molecule has 1 aromatic carbocycles. The average molecular weight is 428 g/mol. The van der Waals surface area contributed by atoms with Crippen molar-refractivity contribution in [3.63, 3.8) is 0 Å². The van der Waals surface area contributed by atoms with Gasteiger partial charge in [0, 0.05) is 39.3 Å². The lowest BCUT2D eigenvalue weighted by Crippen LogP contribution is -2.49. The lowest BCUT2D eigenvalue weighted by molar-refractivity contribution is -0.200. The van der Waals surface area contributed by atoms with Gasteiger partial charge >= 0.3 is 12.3 Å². The topological polar surface area (TPSA) is 36.0 Å². The lowest BCUT2D eigenvalue weighted by Gasteiger charge is -2.35. The number of carbonyl (C=O) groups is 1. The molecule has 2 fully saturated rings. The molecule has 5 nitrogen and oxygen atoms in total. The predicted octanol–water partition coefficient (Wildman–Crippen LogP) is 4.19. The Morgan fingerprint density at radius 2 is 1.63 bits per heavy atom. The van der Waals surface area contributed by atoms with Crippen LogP contribution in [0.25, 0.3) is 0 Å². The van der Waals surface area contributed by atoms with E-state index in [-0.39, 0.29) is 0 Å². The van der Waals surface area contributed by atoms with E-state index in [2.05, 4.69) is 39.7 Å². The fraction of sp³-hybridized carbons (Fsp3) is 0.682. The summed E-state index contributed by atoms with van der Waals surface area (Å²) >= 11 is 0. The third-order valence-electron chi connectivity index (χ3n) is 6.02. The van der Waals surface area contributed by atoms with Gasteiger partial charge < -0.3 is 9.64 Å². The van der Waals surface area contributed by atoms with E-state index in [0.717, 1.165) is 20.0 Å². The van der Waals surface area contributed by atoms with Crippen molar-refractivity contribution in [3.05, 3.63) is 34.9 Å². The minimum Gasteiger partial charge on any atom is -0.437 e. The number of likely N-dealkylation sites (tertiary alicyclic amines) is 1. The van der Waals surface area contributed by atoms with E-state index >= 15 is 0 Å². The maximum absolute atomic E-state index is 12.6. The number of piperazine rings is 1. The molecular weight excluding hydrogens is 395 g/mol. The van der Waals surface area contributed by atoms with E-state index in [1.54, 1.807) is 0 Å². The minimum absolute atomic E-state index is 0.371. The highest BCUT2D eigenvalue weighted by Crippen LogP contribution is 2.23. The van der Waals surface area contributed by atoms with Crippen molar-refractivity contribution in [1.82, 2.24) is 14.7 Å². The summed E-state index contributed by atoms with van der Waals surface area (Å²) < 4.78 is 42.3. The normalized spacial score (nSPS) is 20.2. The number of benzene rings is 1. The zero-order valence-electron chi connectivity index (χ0n) is 17.9. The summed E-state index contributed by atoms with van der Waals surface area (Å²) in [7, 11) is 0. The molecule has 0 aliphatic carbocycles. The number of ether oxygens (including phenoxy) is 1. The van der Waals surface area contributed by atoms with E-state index in [1.807, 2.05) is 0 Å². The van der Waals surface area contributed by atoms with Gasteiger partial charge in [-0.1, -0.05) is 24.6 Å². The Bertz CT molecular complexity index is 712. The molecule has 1 aromatic rings. The fourth-order valence-corrected chi connectivity index (χ4v) is 4.03. The van der Waals surface area contributed by atoms with Crippen LogP contribution in [0.5, 0.6) is 0 Å². The Morgan fingerprint density at radius 1 is 1.00 bits per heavy atom. The molecule has 0 saturated carbocycles. The Kier molecular flexibility index (Phi) is 7.63. The second-order valence-corrected chi connectivity index (χ2v) is 8.43. The number of piperidine rings is 1. The standard InChI is InChI=1S/C22H32F3N3O2/c1-17-14-19(15-26-8-4-3-5-9-26)6-7-20(17)16-27-10-12-28(13-11-27)21(29)30-18(2)22(23,24)25/h6-7,14,18H,3-5,8-13,15-16H2,1-2H3. The third-order valence-corrected chi connectivity index (χ3v) is 6.02. The Morgan fingerprint density at radius 3 is 2.23 bits per heavy atom. The molecule has 168 valence electrons. The van der Waals surface area contributed by atoms with Gasteiger partial charge in [0.15, 0.2) is 6.10 Å². The molecule has 8 heteroatoms. The Labute approximate surface area is 176 Å². The van der Waals surface area contributed by atoms with Gasteiger partial charge in [0.2, 0.25) is 0 Å². The molecule has 0 radical (unpaired) electrons. The van der Waals surface area contributed by atoms with Crippen LogP contribution in [0.3, 0.4) is 0 Å². The number of amides is 1. The molecule has 2 heterocycles. The largest absolute Gasteiger partial charge is 0.437 e. The molecule has 30 heavy (non-hydrogen) atoms. The van der Waals surface area contributed by atoms with Gasteiger partial charge in [-0.05, 0) is 56.5 Å². The summed E-state index contributed by atoms with van der Waals surface area (Å²) in [6, 6.07) is 6.64. The average Bonchev–Trinajstić information content (AvgIpc) is 2.70. The van der Waals surface area contributed by atoms with E-state index < -0.39 is 18.4 Å². The van der Waals surface area contributed by atoms with E-state index in [9.17, 15) is 18.0 Å². The van der Waals surface area contributed by atoms with Gasteiger partial charge in [-0.2, -0.15) is 13.2 Å². The first-order valence-electron chi connectivity index (χ1n) is 10.8. The van der Waals surface area contributed by atoms with Crippen LogP contribution >= 0.6 is 0 Å². The highest BCUT2D eigenvalue weighted by atomic mass is 19.4. The maximum Gasteiger partial charge on any atom is 0.425 e. The number of halogens is 3. The van der Waals surface area contributed by atoms with Crippen LogP contribution < -0.4 is 0 Å². The van der Waals surface area contributed by atoms with Crippen LogP contribution in [0.15, 0.2) is 18.2 Å². The molecule has 2 aliphatic heterocycles. The van der Waals surface area contributed by atoms with Crippen LogP contribution in [0.2, 0.25) is 0 Å². The number of alkyl halides is 3. The first-order valence-corrected chi connectivity index (χ1v) is 10.8. The molecule has 0 spiro atoms. The van der Waals surface area contributed by atoms with Gasteiger partial charge in [-0.3, -0.25) is 9.80 Å². The summed E-state index contributed by atoms with van der Waals surface area (Å²) in [6.07, 6.45) is -3.61. The van der Waals surface area contributed by atoms with Crippen molar-refractivity contribution >= 4 is 6.09 Å². The molecule has 0 N–H and O–H groups in total. The smallest absolute Gasteiger partial charge is 0.425 e. The predicted molar refractivity (Wildman–Crippen MR) is 109 cm³/mol. The summed E-state index contributed by atoms with van der Waals surface area (Å²) in [5.41, 5.74) is 3.84. The summed E-state index contributed by atoms with van der Waals surface area (Å²) in [4.78, 5) is 18.0. The molecule has 1 unspecified atom stereocenters. The van der Waals surface area contributed by atoms with Gasteiger partial charge in [-0.25, -0.2) is 4.79 Å². The lowest BCUT2D eigenvalue weighted by atomic mass is 10.0. The molecule has 0 aromatic heterocycles. The van der Waals surface area contributed by atoms with E-state index in [0.29, 0.717) is 26.2 Å². The van der Waals surface area contributed by atoms with Crippen LogP contribution in [0.4, 0.5) is 18.0 Å². The molecule has 1 amide bonds. The first kappa shape index (κ1) is 22.9. The number of aryl methyl sites for hydroxylation is 1. The van der Waals surface area contributed by atoms with Crippen molar-refractivity contribution in [1.29, 1.82) is 0 Å². The van der Waals surface area contributed by atoms with Crippen molar-refractivity contribution < 1.29 is 22.7 Å². The maximum atomic E-state index is 12.6. The molecule has 0 bridgehead atoms. The number of hydrogen-bond donors (Lipinski definition) is 0. The van der Waals surface area contributed by atoms with Crippen LogP contribution in [0, 0.1) is 6.92 Å². The van der Waals surface area contributed by atoms with E-state index in [1.165, 1.54) is 53.9 Å². The molecule has 2 aliphatic rings. The summed E-state index contributed by atoms with van der Waals surface area (Å²) in [6.45, 7) is 9.08. The quantitative estimate of drug-likeness (QED) is 0.706. The SMILES string of the molecule is Cc1cc(CN2CCCCC2)ccc1CN1CCN(C(=O)OC(C)C(F)(F)F)CC1. The van der Waals surface area contributed by atoms with Gasteiger partial charge in [-0.15, -0.1) is 0 Å². The number of hydrogen-bond acceptors (Lipinski definition) is 4. The molecule has 3 rings (SSSR count). The Balaban J connectivity index is 1.47. The second kappa shape index (κ2) is 10.0. The number of nitrogens with zero attached hydrogens (tertiary/aromatic N) is 3. The number of rotatable bonds is 5. The van der Waals surface area contributed by atoms with Crippen LogP contribution in [-0.4, -0.2) is 72.3 Å². The first-order chi connectivity index (χ1) is 14.2. The van der Waals surface area contributed by atoms with Crippen molar-refractivity contribution in [2.75, 3.05) is 39.3 Å². The molecule has 1 atom stereocenters.